The minimum Gasteiger partial charge on any atom is -0.438 e. The van der Waals surface area contributed by atoms with Crippen molar-refractivity contribution in [3.05, 3.63) is 81.3 Å². The van der Waals surface area contributed by atoms with E-state index < -0.39 is 0 Å². The molecule has 0 aliphatic carbocycles. The van der Waals surface area contributed by atoms with E-state index in [-0.39, 0.29) is 11.5 Å². The first kappa shape index (κ1) is 18.4. The molecule has 1 N–H and O–H groups in total. The standard InChI is InChI=1S/C21H16ClN3O2S/c1-12-3-4-13(2)17(9-12)24-20-16(19(26)25-21-23-7-8-28-21)11-14-10-15(22)5-6-18(14)27-20/h3-11H,1-2H3,(H,23,25,26). The molecule has 0 saturated heterocycles. The summed E-state index contributed by atoms with van der Waals surface area (Å²) in [5.74, 6) is -0.343. The third-order valence-electron chi connectivity index (χ3n) is 4.19. The van der Waals surface area contributed by atoms with Gasteiger partial charge in [-0.25, -0.2) is 9.98 Å². The highest BCUT2D eigenvalue weighted by Crippen LogP contribution is 2.22. The molecule has 0 radical (unpaired) electrons. The maximum Gasteiger partial charge on any atom is 0.262 e. The molecule has 0 atom stereocenters. The van der Waals surface area contributed by atoms with Crippen LogP contribution in [0.5, 0.6) is 0 Å². The molecule has 0 spiro atoms. The molecule has 0 saturated carbocycles. The van der Waals surface area contributed by atoms with Gasteiger partial charge in [0.25, 0.3) is 5.91 Å². The lowest BCUT2D eigenvalue weighted by atomic mass is 10.1. The molecule has 0 bridgehead atoms. The molecular weight excluding hydrogens is 394 g/mol. The summed E-state index contributed by atoms with van der Waals surface area (Å²) in [6.45, 7) is 3.96. The molecule has 2 aromatic heterocycles. The lowest BCUT2D eigenvalue weighted by Crippen LogP contribution is -2.21. The average molecular weight is 410 g/mol. The highest BCUT2D eigenvalue weighted by atomic mass is 35.5. The Morgan fingerprint density at radius 1 is 1.18 bits per heavy atom. The fourth-order valence-corrected chi connectivity index (χ4v) is 3.45. The number of benzene rings is 2. The highest BCUT2D eigenvalue weighted by Gasteiger charge is 2.14. The molecule has 0 fully saturated rings. The van der Waals surface area contributed by atoms with Crippen LogP contribution in [0.25, 0.3) is 11.0 Å². The fourth-order valence-electron chi connectivity index (χ4n) is 2.75. The average Bonchev–Trinajstić information content (AvgIpc) is 3.17. The number of nitrogens with one attached hydrogen (secondary N) is 1. The summed E-state index contributed by atoms with van der Waals surface area (Å²) < 4.78 is 5.98. The van der Waals surface area contributed by atoms with Gasteiger partial charge in [-0.05, 0) is 55.3 Å². The lowest BCUT2D eigenvalue weighted by molar-refractivity contribution is 0.102. The first-order chi connectivity index (χ1) is 13.5. The first-order valence-electron chi connectivity index (χ1n) is 8.56. The van der Waals surface area contributed by atoms with E-state index in [4.69, 9.17) is 16.0 Å². The Kier molecular flexibility index (Phi) is 4.98. The largest absolute Gasteiger partial charge is 0.438 e. The number of nitrogens with zero attached hydrogens (tertiary/aromatic N) is 2. The normalized spacial score (nSPS) is 11.8. The van der Waals surface area contributed by atoms with Crippen LogP contribution < -0.4 is 10.9 Å². The van der Waals surface area contributed by atoms with Crippen LogP contribution in [0.1, 0.15) is 21.5 Å². The number of carbonyl (C=O) groups is 1. The van der Waals surface area contributed by atoms with Crippen LogP contribution in [0.2, 0.25) is 5.02 Å². The number of amides is 1. The molecule has 0 aliphatic heterocycles. The Morgan fingerprint density at radius 3 is 2.82 bits per heavy atom. The second-order valence-corrected chi connectivity index (χ2v) is 7.67. The van der Waals surface area contributed by atoms with E-state index in [2.05, 4.69) is 15.3 Å². The Labute approximate surface area is 170 Å². The van der Waals surface area contributed by atoms with Crippen LogP contribution in [0.4, 0.5) is 10.8 Å². The summed E-state index contributed by atoms with van der Waals surface area (Å²) in [5, 5.41) is 6.37. The van der Waals surface area contributed by atoms with Crippen molar-refractivity contribution >= 4 is 50.6 Å². The predicted molar refractivity (Wildman–Crippen MR) is 112 cm³/mol. The molecule has 0 aliphatic rings. The van der Waals surface area contributed by atoms with Crippen molar-refractivity contribution in [2.75, 3.05) is 5.32 Å². The fraction of sp³-hybridized carbons (Fsp3) is 0.0952. The molecule has 1 amide bonds. The van der Waals surface area contributed by atoms with Crippen LogP contribution in [0.15, 0.2) is 63.5 Å². The van der Waals surface area contributed by atoms with Gasteiger partial charge in [0.15, 0.2) is 5.13 Å². The number of aryl methyl sites for hydroxylation is 2. The smallest absolute Gasteiger partial charge is 0.262 e. The summed E-state index contributed by atoms with van der Waals surface area (Å²) in [5.41, 5.74) is 3.96. The number of fused-ring (bicyclic) bond motifs is 1. The first-order valence-corrected chi connectivity index (χ1v) is 9.81. The number of hydrogen-bond donors (Lipinski definition) is 1. The second-order valence-electron chi connectivity index (χ2n) is 6.34. The van der Waals surface area contributed by atoms with Gasteiger partial charge in [0.1, 0.15) is 11.1 Å². The van der Waals surface area contributed by atoms with Gasteiger partial charge in [0.05, 0.1) is 5.69 Å². The van der Waals surface area contributed by atoms with Crippen molar-refractivity contribution in [3.63, 3.8) is 0 Å². The van der Waals surface area contributed by atoms with Crippen molar-refractivity contribution in [1.29, 1.82) is 0 Å². The van der Waals surface area contributed by atoms with Crippen molar-refractivity contribution in [2.24, 2.45) is 4.99 Å². The molecule has 140 valence electrons. The number of anilines is 1. The second kappa shape index (κ2) is 7.58. The number of thiazole rings is 1. The number of carbonyl (C=O) groups excluding carboxylic acids is 1. The van der Waals surface area contributed by atoms with Crippen molar-refractivity contribution in [3.8, 4) is 0 Å². The monoisotopic (exact) mass is 409 g/mol. The van der Waals surface area contributed by atoms with Gasteiger partial charge < -0.3 is 4.42 Å². The quantitative estimate of drug-likeness (QED) is 0.475. The molecule has 2 aromatic carbocycles. The minimum absolute atomic E-state index is 0.234. The summed E-state index contributed by atoms with van der Waals surface area (Å²) in [6, 6.07) is 13.0. The zero-order chi connectivity index (χ0) is 19.7. The third-order valence-corrected chi connectivity index (χ3v) is 5.12. The Hall–Kier alpha value is -2.96. The van der Waals surface area contributed by atoms with Crippen LogP contribution in [0.3, 0.4) is 0 Å². The van der Waals surface area contributed by atoms with Crippen molar-refractivity contribution < 1.29 is 9.21 Å². The van der Waals surface area contributed by atoms with Crippen LogP contribution in [-0.4, -0.2) is 10.9 Å². The van der Waals surface area contributed by atoms with Gasteiger partial charge in [-0.15, -0.1) is 11.3 Å². The number of aromatic nitrogens is 1. The number of rotatable bonds is 3. The minimum atomic E-state index is -0.343. The molecule has 28 heavy (non-hydrogen) atoms. The van der Waals surface area contributed by atoms with Gasteiger partial charge in [-0.2, -0.15) is 0 Å². The number of halogens is 1. The van der Waals surface area contributed by atoms with Gasteiger partial charge in [-0.3, -0.25) is 10.1 Å². The molecule has 7 heteroatoms. The lowest BCUT2D eigenvalue weighted by Gasteiger charge is -2.06. The summed E-state index contributed by atoms with van der Waals surface area (Å²) in [7, 11) is 0. The Bertz CT molecular complexity index is 1250. The molecule has 0 unspecified atom stereocenters. The topological polar surface area (TPSA) is 67.5 Å². The van der Waals surface area contributed by atoms with Crippen molar-refractivity contribution in [2.45, 2.75) is 13.8 Å². The van der Waals surface area contributed by atoms with E-state index >= 15 is 0 Å². The van der Waals surface area contributed by atoms with Gasteiger partial charge in [-0.1, -0.05) is 23.7 Å². The number of hydrogen-bond acceptors (Lipinski definition) is 5. The van der Waals surface area contributed by atoms with Crippen LogP contribution in [0, 0.1) is 13.8 Å². The van der Waals surface area contributed by atoms with E-state index in [0.29, 0.717) is 21.3 Å². The van der Waals surface area contributed by atoms with Crippen molar-refractivity contribution in [1.82, 2.24) is 4.98 Å². The molecule has 4 rings (SSSR count). The summed E-state index contributed by atoms with van der Waals surface area (Å²) in [4.78, 5) is 21.7. The van der Waals surface area contributed by atoms with Crippen LogP contribution >= 0.6 is 22.9 Å². The molecular formula is C21H16ClN3O2S. The van der Waals surface area contributed by atoms with Gasteiger partial charge >= 0.3 is 0 Å². The van der Waals surface area contributed by atoms with Gasteiger partial charge in [0.2, 0.25) is 5.55 Å². The zero-order valence-electron chi connectivity index (χ0n) is 15.2. The third kappa shape index (κ3) is 3.83. The van der Waals surface area contributed by atoms with E-state index in [1.165, 1.54) is 11.3 Å². The maximum atomic E-state index is 12.9. The summed E-state index contributed by atoms with van der Waals surface area (Å²) in [6.07, 6.45) is 1.63. The zero-order valence-corrected chi connectivity index (χ0v) is 16.8. The SMILES string of the molecule is Cc1ccc(C)c(N=c2oc3ccc(Cl)cc3cc2C(=O)Nc2nccs2)c1. The highest BCUT2D eigenvalue weighted by molar-refractivity contribution is 7.13. The van der Waals surface area contributed by atoms with Gasteiger partial charge in [0, 0.05) is 22.0 Å². The molecule has 5 nitrogen and oxygen atoms in total. The van der Waals surface area contributed by atoms with E-state index in [0.717, 1.165) is 22.2 Å². The Balaban J connectivity index is 1.92. The predicted octanol–water partition coefficient (Wildman–Crippen LogP) is 5.64. The Morgan fingerprint density at radius 2 is 2.04 bits per heavy atom. The molecule has 2 heterocycles. The van der Waals surface area contributed by atoms with E-state index in [1.807, 2.05) is 32.0 Å². The maximum absolute atomic E-state index is 12.9. The van der Waals surface area contributed by atoms with Crippen LogP contribution in [-0.2, 0) is 0 Å². The molecule has 4 aromatic rings. The van der Waals surface area contributed by atoms with E-state index in [1.54, 1.807) is 35.8 Å². The van der Waals surface area contributed by atoms with E-state index in [9.17, 15) is 4.79 Å². The summed E-state index contributed by atoms with van der Waals surface area (Å²) >= 11 is 7.44.